The molecule has 112 valence electrons. The Hall–Kier alpha value is -0.530. The highest BCUT2D eigenvalue weighted by molar-refractivity contribution is 6.30. The van der Waals surface area contributed by atoms with E-state index in [0.29, 0.717) is 6.04 Å². The number of halogens is 1. The van der Waals surface area contributed by atoms with Crippen molar-refractivity contribution < 1.29 is 0 Å². The molecule has 0 heterocycles. The quantitative estimate of drug-likeness (QED) is 0.709. The third kappa shape index (κ3) is 5.46. The van der Waals surface area contributed by atoms with E-state index < -0.39 is 0 Å². The number of benzene rings is 1. The van der Waals surface area contributed by atoms with E-state index in [-0.39, 0.29) is 0 Å². The first-order valence-corrected chi connectivity index (χ1v) is 8.63. The lowest BCUT2D eigenvalue weighted by molar-refractivity contribution is 0.353. The number of rotatable bonds is 6. The van der Waals surface area contributed by atoms with Gasteiger partial charge in [0.05, 0.1) is 0 Å². The van der Waals surface area contributed by atoms with Gasteiger partial charge in [0.1, 0.15) is 0 Å². The molecule has 2 heteroatoms. The third-order valence-corrected chi connectivity index (χ3v) is 4.73. The molecule has 0 bridgehead atoms. The highest BCUT2D eigenvalue weighted by Crippen LogP contribution is 2.27. The summed E-state index contributed by atoms with van der Waals surface area (Å²) < 4.78 is 0. The van der Waals surface area contributed by atoms with Crippen LogP contribution in [0.4, 0.5) is 0 Å². The van der Waals surface area contributed by atoms with Crippen molar-refractivity contribution in [3.05, 3.63) is 34.9 Å². The molecule has 0 radical (unpaired) electrons. The maximum atomic E-state index is 5.97. The Kier molecular flexibility index (Phi) is 6.89. The van der Waals surface area contributed by atoms with E-state index in [2.05, 4.69) is 24.4 Å². The molecule has 2 rings (SSSR count). The maximum Gasteiger partial charge on any atom is 0.0406 e. The van der Waals surface area contributed by atoms with Gasteiger partial charge in [-0.2, -0.15) is 0 Å². The summed E-state index contributed by atoms with van der Waals surface area (Å²) in [6, 6.07) is 8.96. The molecule has 1 aliphatic carbocycles. The van der Waals surface area contributed by atoms with Gasteiger partial charge in [-0.25, -0.2) is 0 Å². The van der Waals surface area contributed by atoms with Crippen LogP contribution >= 0.6 is 11.6 Å². The van der Waals surface area contributed by atoms with Gasteiger partial charge in [-0.05, 0) is 43.0 Å². The molecule has 0 amide bonds. The first kappa shape index (κ1) is 15.9. The number of likely N-dealkylation sites (N-methyl/N-ethyl adjacent to an activating group) is 1. The molecule has 1 N–H and O–H groups in total. The van der Waals surface area contributed by atoms with Crippen molar-refractivity contribution in [1.82, 2.24) is 5.32 Å². The van der Waals surface area contributed by atoms with Crippen molar-refractivity contribution in [1.29, 1.82) is 0 Å². The second-order valence-corrected chi connectivity index (χ2v) is 6.61. The molecule has 20 heavy (non-hydrogen) atoms. The minimum atomic E-state index is 0.615. The number of hydrogen-bond acceptors (Lipinski definition) is 1. The van der Waals surface area contributed by atoms with E-state index in [0.717, 1.165) is 23.9 Å². The van der Waals surface area contributed by atoms with Crippen molar-refractivity contribution >= 4 is 11.6 Å². The van der Waals surface area contributed by atoms with Gasteiger partial charge < -0.3 is 5.32 Å². The van der Waals surface area contributed by atoms with Gasteiger partial charge in [0, 0.05) is 11.1 Å². The lowest BCUT2D eigenvalue weighted by Gasteiger charge is -2.23. The Labute approximate surface area is 129 Å². The molecular formula is C18H28ClN. The lowest BCUT2D eigenvalue weighted by Crippen LogP contribution is -2.33. The van der Waals surface area contributed by atoms with Crippen molar-refractivity contribution in [3.63, 3.8) is 0 Å². The molecule has 1 unspecified atom stereocenters. The summed E-state index contributed by atoms with van der Waals surface area (Å²) >= 11 is 5.97. The van der Waals surface area contributed by atoms with Crippen LogP contribution in [0.5, 0.6) is 0 Å². The normalized spacial score (nSPS) is 18.7. The van der Waals surface area contributed by atoms with Crippen LogP contribution in [0.15, 0.2) is 24.3 Å². The largest absolute Gasteiger partial charge is 0.314 e. The van der Waals surface area contributed by atoms with Crippen molar-refractivity contribution in [3.8, 4) is 0 Å². The van der Waals surface area contributed by atoms with Crippen LogP contribution < -0.4 is 5.32 Å². The van der Waals surface area contributed by atoms with E-state index in [9.17, 15) is 0 Å². The molecule has 0 saturated heterocycles. The third-order valence-electron chi connectivity index (χ3n) is 4.48. The summed E-state index contributed by atoms with van der Waals surface area (Å²) in [7, 11) is 0. The predicted octanol–water partition coefficient (Wildman–Crippen LogP) is 5.22. The fourth-order valence-electron chi connectivity index (χ4n) is 3.43. The van der Waals surface area contributed by atoms with Gasteiger partial charge >= 0.3 is 0 Å². The van der Waals surface area contributed by atoms with Gasteiger partial charge in [-0.1, -0.05) is 69.2 Å². The molecule has 1 saturated carbocycles. The average molecular weight is 294 g/mol. The molecule has 0 aliphatic heterocycles. The van der Waals surface area contributed by atoms with Crippen molar-refractivity contribution in [2.75, 3.05) is 6.54 Å². The Morgan fingerprint density at radius 2 is 1.75 bits per heavy atom. The van der Waals surface area contributed by atoms with Crippen molar-refractivity contribution in [2.24, 2.45) is 5.92 Å². The highest BCUT2D eigenvalue weighted by atomic mass is 35.5. The summed E-state index contributed by atoms with van der Waals surface area (Å²) in [4.78, 5) is 0. The van der Waals surface area contributed by atoms with Gasteiger partial charge in [0.2, 0.25) is 0 Å². The van der Waals surface area contributed by atoms with Crippen LogP contribution in [-0.2, 0) is 6.42 Å². The van der Waals surface area contributed by atoms with E-state index in [1.165, 1.54) is 50.5 Å². The molecule has 0 aromatic heterocycles. The molecule has 1 aromatic rings. The minimum absolute atomic E-state index is 0.615. The summed E-state index contributed by atoms with van der Waals surface area (Å²) in [5, 5.41) is 4.51. The smallest absolute Gasteiger partial charge is 0.0406 e. The zero-order valence-electron chi connectivity index (χ0n) is 12.7. The fourth-order valence-corrected chi connectivity index (χ4v) is 3.56. The van der Waals surface area contributed by atoms with Gasteiger partial charge in [-0.15, -0.1) is 0 Å². The second-order valence-electron chi connectivity index (χ2n) is 6.18. The SMILES string of the molecule is CCNC(Cc1ccc(Cl)cc1)CC1CCCCCC1. The fraction of sp³-hybridized carbons (Fsp3) is 0.667. The van der Waals surface area contributed by atoms with Crippen LogP contribution in [-0.4, -0.2) is 12.6 Å². The maximum absolute atomic E-state index is 5.97. The van der Waals surface area contributed by atoms with Crippen LogP contribution in [0.3, 0.4) is 0 Å². The topological polar surface area (TPSA) is 12.0 Å². The zero-order valence-corrected chi connectivity index (χ0v) is 13.5. The highest BCUT2D eigenvalue weighted by Gasteiger charge is 2.18. The first-order chi connectivity index (χ1) is 9.78. The number of nitrogens with one attached hydrogen (secondary N) is 1. The molecule has 1 aromatic carbocycles. The van der Waals surface area contributed by atoms with E-state index >= 15 is 0 Å². The lowest BCUT2D eigenvalue weighted by atomic mass is 9.90. The molecule has 1 atom stereocenters. The number of hydrogen-bond donors (Lipinski definition) is 1. The summed E-state index contributed by atoms with van der Waals surface area (Å²) in [6.07, 6.45) is 11.1. The first-order valence-electron chi connectivity index (χ1n) is 8.25. The average Bonchev–Trinajstić information content (AvgIpc) is 2.70. The molecular weight excluding hydrogens is 266 g/mol. The predicted molar refractivity (Wildman–Crippen MR) is 88.4 cm³/mol. The molecule has 1 fully saturated rings. The van der Waals surface area contributed by atoms with Gasteiger partial charge in [0.25, 0.3) is 0 Å². The Morgan fingerprint density at radius 1 is 1.10 bits per heavy atom. The summed E-state index contributed by atoms with van der Waals surface area (Å²) in [5.41, 5.74) is 1.40. The standard InChI is InChI=1S/C18H28ClN/c1-2-20-18(13-15-7-5-3-4-6-8-15)14-16-9-11-17(19)12-10-16/h9-12,15,18,20H,2-8,13-14H2,1H3. The Morgan fingerprint density at radius 3 is 2.35 bits per heavy atom. The monoisotopic (exact) mass is 293 g/mol. The molecule has 1 nitrogen and oxygen atoms in total. The molecule has 0 spiro atoms. The van der Waals surface area contributed by atoms with Crippen LogP contribution in [0.1, 0.15) is 57.4 Å². The van der Waals surface area contributed by atoms with E-state index in [1.54, 1.807) is 0 Å². The molecule has 1 aliphatic rings. The van der Waals surface area contributed by atoms with Gasteiger partial charge in [-0.3, -0.25) is 0 Å². The second kappa shape index (κ2) is 8.69. The van der Waals surface area contributed by atoms with Crippen molar-refractivity contribution in [2.45, 2.75) is 64.3 Å². The van der Waals surface area contributed by atoms with Crippen LogP contribution in [0.2, 0.25) is 5.02 Å². The van der Waals surface area contributed by atoms with E-state index in [1.807, 2.05) is 12.1 Å². The van der Waals surface area contributed by atoms with Crippen LogP contribution in [0, 0.1) is 5.92 Å². The Bertz CT molecular complexity index is 366. The van der Waals surface area contributed by atoms with Crippen LogP contribution in [0.25, 0.3) is 0 Å². The zero-order chi connectivity index (χ0) is 14.2. The summed E-state index contributed by atoms with van der Waals surface area (Å²) in [6.45, 7) is 3.27. The van der Waals surface area contributed by atoms with E-state index in [4.69, 9.17) is 11.6 Å². The summed E-state index contributed by atoms with van der Waals surface area (Å²) in [5.74, 6) is 0.925. The van der Waals surface area contributed by atoms with Gasteiger partial charge in [0.15, 0.2) is 0 Å². The minimum Gasteiger partial charge on any atom is -0.314 e. The Balaban J connectivity index is 1.90.